The van der Waals surface area contributed by atoms with Crippen LogP contribution >= 0.6 is 0 Å². The summed E-state index contributed by atoms with van der Waals surface area (Å²) in [7, 11) is 0. The highest BCUT2D eigenvalue weighted by Crippen LogP contribution is 2.28. The molecule has 0 spiro atoms. The molecular weight excluding hydrogens is 250 g/mol. The molecule has 0 unspecified atom stereocenters. The quantitative estimate of drug-likeness (QED) is 0.746. The first-order valence-corrected chi connectivity index (χ1v) is 6.89. The van der Waals surface area contributed by atoms with E-state index in [0.29, 0.717) is 24.7 Å². The van der Waals surface area contributed by atoms with Crippen LogP contribution < -0.4 is 0 Å². The van der Waals surface area contributed by atoms with Crippen LogP contribution in [-0.2, 0) is 9.47 Å². The highest BCUT2D eigenvalue weighted by molar-refractivity contribution is 5.19. The van der Waals surface area contributed by atoms with Gasteiger partial charge in [0.05, 0.1) is 13.2 Å². The maximum atomic E-state index is 13.1. The lowest BCUT2D eigenvalue weighted by atomic mass is 10.0. The molecule has 4 heteroatoms. The molecule has 0 atom stereocenters. The second-order valence-corrected chi connectivity index (χ2v) is 5.03. The molecule has 0 amide bonds. The summed E-state index contributed by atoms with van der Waals surface area (Å²) in [5.74, 6) is -1.31. The van der Waals surface area contributed by atoms with E-state index in [1.165, 1.54) is 25.3 Å². The third-order valence-corrected chi connectivity index (χ3v) is 3.40. The van der Waals surface area contributed by atoms with Gasteiger partial charge in [0, 0.05) is 11.5 Å². The van der Waals surface area contributed by atoms with Gasteiger partial charge in [-0.15, -0.1) is 0 Å². The summed E-state index contributed by atoms with van der Waals surface area (Å²) in [6, 6.07) is 3.74. The van der Waals surface area contributed by atoms with E-state index >= 15 is 0 Å². The Bertz CT molecular complexity index is 401. The normalized spacial score (nSPS) is 23.5. The van der Waals surface area contributed by atoms with Gasteiger partial charge >= 0.3 is 0 Å². The Morgan fingerprint density at radius 3 is 2.47 bits per heavy atom. The Balaban J connectivity index is 1.84. The fourth-order valence-corrected chi connectivity index (χ4v) is 2.24. The fraction of sp³-hybridized carbons (Fsp3) is 0.600. The molecule has 2 nitrogen and oxygen atoms in total. The van der Waals surface area contributed by atoms with Gasteiger partial charge in [-0.1, -0.05) is 32.3 Å². The van der Waals surface area contributed by atoms with Gasteiger partial charge in [0.15, 0.2) is 17.9 Å². The third kappa shape index (κ3) is 3.98. The molecule has 19 heavy (non-hydrogen) atoms. The van der Waals surface area contributed by atoms with E-state index < -0.39 is 17.9 Å². The zero-order chi connectivity index (χ0) is 13.7. The van der Waals surface area contributed by atoms with Crippen molar-refractivity contribution in [1.29, 1.82) is 0 Å². The lowest BCUT2D eigenvalue weighted by molar-refractivity contribution is -0.206. The summed E-state index contributed by atoms with van der Waals surface area (Å²) in [4.78, 5) is 0. The molecule has 0 aliphatic carbocycles. The number of hydrogen-bond donors (Lipinski definition) is 0. The van der Waals surface area contributed by atoms with Gasteiger partial charge in [0.2, 0.25) is 0 Å². The number of benzene rings is 1. The fourth-order valence-electron chi connectivity index (χ4n) is 2.24. The first-order chi connectivity index (χ1) is 9.20. The molecule has 0 bridgehead atoms. The lowest BCUT2D eigenvalue weighted by Gasteiger charge is -2.29. The largest absolute Gasteiger partial charge is 0.348 e. The van der Waals surface area contributed by atoms with Crippen LogP contribution in [0.15, 0.2) is 18.2 Å². The van der Waals surface area contributed by atoms with Gasteiger partial charge in [-0.3, -0.25) is 0 Å². The molecule has 1 aliphatic heterocycles. The van der Waals surface area contributed by atoms with Crippen molar-refractivity contribution in [2.24, 2.45) is 5.92 Å². The summed E-state index contributed by atoms with van der Waals surface area (Å²) in [6.07, 6.45) is 4.13. The van der Waals surface area contributed by atoms with Gasteiger partial charge in [-0.25, -0.2) is 8.78 Å². The summed E-state index contributed by atoms with van der Waals surface area (Å²) >= 11 is 0. The summed E-state index contributed by atoms with van der Waals surface area (Å²) in [6.45, 7) is 3.41. The van der Waals surface area contributed by atoms with E-state index in [4.69, 9.17) is 9.47 Å². The van der Waals surface area contributed by atoms with E-state index in [0.717, 1.165) is 18.6 Å². The van der Waals surface area contributed by atoms with Crippen molar-refractivity contribution in [3.63, 3.8) is 0 Å². The average molecular weight is 270 g/mol. The van der Waals surface area contributed by atoms with Crippen LogP contribution in [0, 0.1) is 17.6 Å². The van der Waals surface area contributed by atoms with Crippen molar-refractivity contribution in [3.05, 3.63) is 35.4 Å². The molecule has 106 valence electrons. The van der Waals surface area contributed by atoms with E-state index in [1.807, 2.05) is 0 Å². The lowest BCUT2D eigenvalue weighted by Crippen LogP contribution is -2.27. The predicted molar refractivity (Wildman–Crippen MR) is 68.6 cm³/mol. The van der Waals surface area contributed by atoms with Crippen LogP contribution in [0.4, 0.5) is 8.78 Å². The van der Waals surface area contributed by atoms with Crippen LogP contribution in [0.5, 0.6) is 0 Å². The SMILES string of the molecule is CCCCC[C@H]1CO[C@H](c2ccc(F)c(F)c2)OC1. The molecule has 0 saturated carbocycles. The van der Waals surface area contributed by atoms with Crippen LogP contribution in [0.3, 0.4) is 0 Å². The van der Waals surface area contributed by atoms with Crippen LogP contribution in [0.25, 0.3) is 0 Å². The smallest absolute Gasteiger partial charge is 0.183 e. The average Bonchev–Trinajstić information content (AvgIpc) is 2.43. The Kier molecular flexibility index (Phi) is 5.28. The number of hydrogen-bond acceptors (Lipinski definition) is 2. The predicted octanol–water partition coefficient (Wildman–Crippen LogP) is 4.21. The monoisotopic (exact) mass is 270 g/mol. The molecule has 1 aromatic carbocycles. The molecule has 1 fully saturated rings. The van der Waals surface area contributed by atoms with E-state index in [2.05, 4.69) is 6.92 Å². The maximum absolute atomic E-state index is 13.1. The number of unbranched alkanes of at least 4 members (excludes halogenated alkanes) is 2. The van der Waals surface area contributed by atoms with Crippen molar-refractivity contribution in [2.75, 3.05) is 13.2 Å². The first kappa shape index (κ1) is 14.4. The van der Waals surface area contributed by atoms with Crippen molar-refractivity contribution >= 4 is 0 Å². The van der Waals surface area contributed by atoms with E-state index in [9.17, 15) is 8.78 Å². The topological polar surface area (TPSA) is 18.5 Å². The number of rotatable bonds is 5. The molecule has 0 N–H and O–H groups in total. The van der Waals surface area contributed by atoms with Crippen LogP contribution in [-0.4, -0.2) is 13.2 Å². The van der Waals surface area contributed by atoms with Gasteiger partial charge < -0.3 is 9.47 Å². The highest BCUT2D eigenvalue weighted by atomic mass is 19.2. The van der Waals surface area contributed by atoms with E-state index in [-0.39, 0.29) is 0 Å². The Morgan fingerprint density at radius 2 is 1.84 bits per heavy atom. The summed E-state index contributed by atoms with van der Waals surface area (Å²) in [5.41, 5.74) is 0.533. The minimum atomic E-state index is -0.866. The zero-order valence-corrected chi connectivity index (χ0v) is 11.2. The van der Waals surface area contributed by atoms with E-state index in [1.54, 1.807) is 0 Å². The van der Waals surface area contributed by atoms with Gasteiger partial charge in [-0.2, -0.15) is 0 Å². The van der Waals surface area contributed by atoms with Gasteiger partial charge in [0.1, 0.15) is 0 Å². The van der Waals surface area contributed by atoms with Crippen molar-refractivity contribution in [1.82, 2.24) is 0 Å². The molecule has 1 saturated heterocycles. The molecule has 1 heterocycles. The van der Waals surface area contributed by atoms with Crippen molar-refractivity contribution in [2.45, 2.75) is 38.9 Å². The number of halogens is 2. The molecular formula is C15H20F2O2. The number of ether oxygens (including phenoxy) is 2. The summed E-state index contributed by atoms with van der Waals surface area (Å²) < 4.78 is 37.2. The van der Waals surface area contributed by atoms with Crippen LogP contribution in [0.2, 0.25) is 0 Å². The minimum absolute atomic E-state index is 0.410. The second kappa shape index (κ2) is 6.96. The summed E-state index contributed by atoms with van der Waals surface area (Å²) in [5, 5.41) is 0. The Morgan fingerprint density at radius 1 is 1.11 bits per heavy atom. The highest BCUT2D eigenvalue weighted by Gasteiger charge is 2.23. The van der Waals surface area contributed by atoms with Gasteiger partial charge in [0.25, 0.3) is 0 Å². The Hall–Kier alpha value is -1.00. The van der Waals surface area contributed by atoms with Crippen LogP contribution in [0.1, 0.15) is 44.5 Å². The maximum Gasteiger partial charge on any atom is 0.183 e. The zero-order valence-electron chi connectivity index (χ0n) is 11.2. The van der Waals surface area contributed by atoms with Crippen molar-refractivity contribution < 1.29 is 18.3 Å². The molecule has 1 aromatic rings. The molecule has 1 aliphatic rings. The van der Waals surface area contributed by atoms with Crippen molar-refractivity contribution in [3.8, 4) is 0 Å². The minimum Gasteiger partial charge on any atom is -0.348 e. The standard InChI is InChI=1S/C15H20F2O2/c1-2-3-4-5-11-9-18-15(19-10-11)12-6-7-13(16)14(17)8-12/h6-8,11,15H,2-5,9-10H2,1H3/t11-,15-. The molecule has 2 rings (SSSR count). The Labute approximate surface area is 112 Å². The first-order valence-electron chi connectivity index (χ1n) is 6.89. The molecule has 0 radical (unpaired) electrons. The molecule has 0 aromatic heterocycles. The van der Waals surface area contributed by atoms with Gasteiger partial charge in [-0.05, 0) is 18.6 Å². The second-order valence-electron chi connectivity index (χ2n) is 5.03. The third-order valence-electron chi connectivity index (χ3n) is 3.40.